The molecule has 1 aromatic carbocycles. The van der Waals surface area contributed by atoms with Crippen LogP contribution in [-0.4, -0.2) is 46.8 Å². The first-order chi connectivity index (χ1) is 13.2. The molecule has 6 nitrogen and oxygen atoms in total. The van der Waals surface area contributed by atoms with Crippen molar-refractivity contribution in [1.82, 2.24) is 14.7 Å². The van der Waals surface area contributed by atoms with Gasteiger partial charge in [0, 0.05) is 32.2 Å². The maximum absolute atomic E-state index is 12.7. The number of carbonyl (C=O) groups is 1. The van der Waals surface area contributed by atoms with Gasteiger partial charge in [-0.15, -0.1) is 0 Å². The Morgan fingerprint density at radius 2 is 1.85 bits per heavy atom. The first-order valence-corrected chi connectivity index (χ1v) is 9.85. The summed E-state index contributed by atoms with van der Waals surface area (Å²) in [7, 11) is 0. The Bertz CT molecular complexity index is 843. The van der Waals surface area contributed by atoms with Crippen LogP contribution in [0.15, 0.2) is 47.4 Å². The van der Waals surface area contributed by atoms with Crippen molar-refractivity contribution in [3.05, 3.63) is 58.5 Å². The normalized spacial score (nSPS) is 20.1. The van der Waals surface area contributed by atoms with E-state index in [4.69, 9.17) is 0 Å². The predicted octanol–water partition coefficient (Wildman–Crippen LogP) is 2.13. The third-order valence-corrected chi connectivity index (χ3v) is 5.58. The standard InChI is InChI=1S/C21H26N4O2/c26-20-13-19(14-22-25(20)15-17-7-2-1-3-8-17)24-12-6-9-18(16-24)21(27)23-10-4-5-11-23/h1-3,7-8,13-14,18H,4-6,9-12,15-16H2. The third kappa shape index (κ3) is 4.04. The van der Waals surface area contributed by atoms with E-state index >= 15 is 0 Å². The first kappa shape index (κ1) is 17.8. The summed E-state index contributed by atoms with van der Waals surface area (Å²) >= 11 is 0. The van der Waals surface area contributed by atoms with Crippen LogP contribution in [-0.2, 0) is 11.3 Å². The van der Waals surface area contributed by atoms with E-state index < -0.39 is 0 Å². The molecule has 1 unspecified atom stereocenters. The minimum absolute atomic E-state index is 0.0311. The summed E-state index contributed by atoms with van der Waals surface area (Å²) < 4.78 is 1.48. The quantitative estimate of drug-likeness (QED) is 0.832. The van der Waals surface area contributed by atoms with Crippen LogP contribution in [0.5, 0.6) is 0 Å². The molecule has 0 bridgehead atoms. The molecule has 27 heavy (non-hydrogen) atoms. The number of anilines is 1. The first-order valence-electron chi connectivity index (χ1n) is 9.85. The lowest BCUT2D eigenvalue weighted by molar-refractivity contribution is -0.134. The lowest BCUT2D eigenvalue weighted by Gasteiger charge is -2.35. The molecule has 2 fully saturated rings. The van der Waals surface area contributed by atoms with E-state index in [-0.39, 0.29) is 17.4 Å². The Morgan fingerprint density at radius 3 is 2.59 bits per heavy atom. The summed E-state index contributed by atoms with van der Waals surface area (Å²) in [5.41, 5.74) is 1.77. The van der Waals surface area contributed by atoms with E-state index in [9.17, 15) is 9.59 Å². The zero-order valence-electron chi connectivity index (χ0n) is 15.6. The summed E-state index contributed by atoms with van der Waals surface area (Å²) in [5.74, 6) is 0.311. The fourth-order valence-corrected chi connectivity index (χ4v) is 4.08. The second-order valence-corrected chi connectivity index (χ2v) is 7.51. The number of aromatic nitrogens is 2. The summed E-state index contributed by atoms with van der Waals surface area (Å²) in [5, 5.41) is 4.36. The molecular weight excluding hydrogens is 340 g/mol. The van der Waals surface area contributed by atoms with Crippen LogP contribution in [0.4, 0.5) is 5.69 Å². The van der Waals surface area contributed by atoms with E-state index in [2.05, 4.69) is 10.00 Å². The highest BCUT2D eigenvalue weighted by Gasteiger charge is 2.30. The molecule has 0 spiro atoms. The van der Waals surface area contributed by atoms with Crippen molar-refractivity contribution in [2.45, 2.75) is 32.2 Å². The summed E-state index contributed by atoms with van der Waals surface area (Å²) in [6, 6.07) is 11.5. The van der Waals surface area contributed by atoms with Crippen LogP contribution < -0.4 is 10.5 Å². The van der Waals surface area contributed by atoms with Gasteiger partial charge in [0.15, 0.2) is 0 Å². The monoisotopic (exact) mass is 366 g/mol. The average Bonchev–Trinajstić information content (AvgIpc) is 3.25. The molecule has 6 heteroatoms. The lowest BCUT2D eigenvalue weighted by atomic mass is 9.96. The van der Waals surface area contributed by atoms with E-state index in [0.717, 1.165) is 56.6 Å². The highest BCUT2D eigenvalue weighted by atomic mass is 16.2. The van der Waals surface area contributed by atoms with E-state index in [0.29, 0.717) is 13.1 Å². The van der Waals surface area contributed by atoms with Crippen LogP contribution >= 0.6 is 0 Å². The average molecular weight is 366 g/mol. The molecule has 1 atom stereocenters. The Hall–Kier alpha value is -2.63. The molecule has 2 saturated heterocycles. The molecule has 1 aromatic heterocycles. The van der Waals surface area contributed by atoms with E-state index in [1.807, 2.05) is 35.2 Å². The molecule has 1 amide bonds. The van der Waals surface area contributed by atoms with E-state index in [1.165, 1.54) is 4.68 Å². The van der Waals surface area contributed by atoms with Crippen LogP contribution in [0.3, 0.4) is 0 Å². The fourth-order valence-electron chi connectivity index (χ4n) is 4.08. The van der Waals surface area contributed by atoms with Crippen molar-refractivity contribution < 1.29 is 4.79 Å². The number of amides is 1. The molecule has 0 N–H and O–H groups in total. The molecule has 2 aromatic rings. The minimum atomic E-state index is -0.107. The Labute approximate surface area is 159 Å². The van der Waals surface area contributed by atoms with Gasteiger partial charge in [0.05, 0.1) is 24.3 Å². The molecule has 2 aliphatic heterocycles. The van der Waals surface area contributed by atoms with Crippen molar-refractivity contribution in [1.29, 1.82) is 0 Å². The zero-order valence-corrected chi connectivity index (χ0v) is 15.6. The van der Waals surface area contributed by atoms with Crippen LogP contribution in [0.25, 0.3) is 0 Å². The molecule has 4 rings (SSSR count). The number of hydrogen-bond acceptors (Lipinski definition) is 4. The number of rotatable bonds is 4. The van der Waals surface area contributed by atoms with Crippen LogP contribution in [0.2, 0.25) is 0 Å². The maximum Gasteiger partial charge on any atom is 0.269 e. The van der Waals surface area contributed by atoms with Crippen molar-refractivity contribution in [3.63, 3.8) is 0 Å². The van der Waals surface area contributed by atoms with Gasteiger partial charge in [-0.1, -0.05) is 30.3 Å². The van der Waals surface area contributed by atoms with Crippen molar-refractivity contribution in [2.75, 3.05) is 31.1 Å². The van der Waals surface area contributed by atoms with Gasteiger partial charge in [-0.2, -0.15) is 5.10 Å². The van der Waals surface area contributed by atoms with Gasteiger partial charge in [0.1, 0.15) is 0 Å². The largest absolute Gasteiger partial charge is 0.369 e. The topological polar surface area (TPSA) is 58.4 Å². The number of carbonyl (C=O) groups excluding carboxylic acids is 1. The van der Waals surface area contributed by atoms with Gasteiger partial charge in [-0.25, -0.2) is 4.68 Å². The van der Waals surface area contributed by atoms with Crippen molar-refractivity contribution in [2.24, 2.45) is 5.92 Å². The second-order valence-electron chi connectivity index (χ2n) is 7.51. The maximum atomic E-state index is 12.7. The summed E-state index contributed by atoms with van der Waals surface area (Å²) in [6.45, 7) is 3.81. The second kappa shape index (κ2) is 7.94. The smallest absolute Gasteiger partial charge is 0.269 e. The summed E-state index contributed by atoms with van der Waals surface area (Å²) in [6.07, 6.45) is 5.90. The van der Waals surface area contributed by atoms with Gasteiger partial charge < -0.3 is 9.80 Å². The number of benzene rings is 1. The van der Waals surface area contributed by atoms with Gasteiger partial charge >= 0.3 is 0 Å². The Kier molecular flexibility index (Phi) is 5.23. The molecule has 2 aliphatic rings. The molecule has 0 radical (unpaired) electrons. The summed E-state index contributed by atoms with van der Waals surface area (Å²) in [4.78, 5) is 29.4. The van der Waals surface area contributed by atoms with Crippen molar-refractivity contribution in [3.8, 4) is 0 Å². The SMILES string of the molecule is O=C(C1CCCN(c2cnn(Cc3ccccc3)c(=O)c2)C1)N1CCCC1. The van der Waals surface area contributed by atoms with Gasteiger partial charge in [-0.3, -0.25) is 9.59 Å². The van der Waals surface area contributed by atoms with Crippen molar-refractivity contribution >= 4 is 11.6 Å². The van der Waals surface area contributed by atoms with Crippen LogP contribution in [0, 0.1) is 5.92 Å². The number of piperidine rings is 1. The van der Waals surface area contributed by atoms with Gasteiger partial charge in [0.2, 0.25) is 5.91 Å². The molecule has 0 saturated carbocycles. The Morgan fingerprint density at radius 1 is 1.07 bits per heavy atom. The molecule has 0 aliphatic carbocycles. The lowest BCUT2D eigenvalue weighted by Crippen LogP contribution is -2.44. The number of hydrogen-bond donors (Lipinski definition) is 0. The number of likely N-dealkylation sites (tertiary alicyclic amines) is 1. The highest BCUT2D eigenvalue weighted by molar-refractivity contribution is 5.80. The van der Waals surface area contributed by atoms with Gasteiger partial charge in [-0.05, 0) is 31.2 Å². The van der Waals surface area contributed by atoms with Crippen LogP contribution in [0.1, 0.15) is 31.2 Å². The molecule has 3 heterocycles. The molecule has 142 valence electrons. The van der Waals surface area contributed by atoms with E-state index in [1.54, 1.807) is 12.3 Å². The predicted molar refractivity (Wildman–Crippen MR) is 105 cm³/mol. The highest BCUT2D eigenvalue weighted by Crippen LogP contribution is 2.24. The van der Waals surface area contributed by atoms with Gasteiger partial charge in [0.25, 0.3) is 5.56 Å². The fraction of sp³-hybridized carbons (Fsp3) is 0.476. The minimum Gasteiger partial charge on any atom is -0.369 e. The zero-order chi connectivity index (χ0) is 18.6. The Balaban J connectivity index is 1.45. The molecular formula is C21H26N4O2. The third-order valence-electron chi connectivity index (χ3n) is 5.58. The number of nitrogens with zero attached hydrogens (tertiary/aromatic N) is 4.